The Morgan fingerprint density at radius 3 is 2.63 bits per heavy atom. The van der Waals surface area contributed by atoms with Gasteiger partial charge in [-0.2, -0.15) is 0 Å². The monoisotopic (exact) mass is 431 g/mol. The van der Waals surface area contributed by atoms with Crippen LogP contribution in [0, 0.1) is 5.82 Å². The number of benzene rings is 2. The molecule has 8 heteroatoms. The van der Waals surface area contributed by atoms with Gasteiger partial charge >= 0.3 is 6.03 Å². The maximum Gasteiger partial charge on any atom is 0.322 e. The second-order valence-electron chi connectivity index (χ2n) is 6.69. The minimum Gasteiger partial charge on any atom is -0.481 e. The molecule has 2 aromatic carbocycles. The van der Waals surface area contributed by atoms with Crippen molar-refractivity contribution in [2.75, 3.05) is 32.7 Å². The second-order valence-corrected chi connectivity index (χ2v) is 7.10. The molecule has 0 saturated heterocycles. The lowest BCUT2D eigenvalue weighted by molar-refractivity contribution is 0.140. The van der Waals surface area contributed by atoms with Gasteiger partial charge < -0.3 is 19.7 Å². The second kappa shape index (κ2) is 9.73. The van der Waals surface area contributed by atoms with E-state index in [0.717, 1.165) is 16.3 Å². The average molecular weight is 432 g/mol. The molecule has 158 valence electrons. The van der Waals surface area contributed by atoms with Gasteiger partial charge in [-0.25, -0.2) is 14.2 Å². The maximum atomic E-state index is 13.4. The third kappa shape index (κ3) is 4.63. The number of urea groups is 1. The predicted octanol–water partition coefficient (Wildman–Crippen LogP) is 5.28. The topological polar surface area (TPSA) is 63.7 Å². The Bertz CT molecular complexity index is 1050. The van der Waals surface area contributed by atoms with E-state index in [0.29, 0.717) is 24.7 Å². The first-order valence-electron chi connectivity index (χ1n) is 9.39. The number of ether oxygens (including phenoxy) is 2. The maximum absolute atomic E-state index is 13.4. The highest BCUT2D eigenvalue weighted by Crippen LogP contribution is 2.32. The number of aromatic nitrogens is 1. The minimum absolute atomic E-state index is 0.0605. The first kappa shape index (κ1) is 21.8. The van der Waals surface area contributed by atoms with Crippen LogP contribution in [-0.4, -0.2) is 43.3 Å². The fraction of sp³-hybridized carbons (Fsp3) is 0.273. The van der Waals surface area contributed by atoms with Crippen molar-refractivity contribution in [3.63, 3.8) is 0 Å². The van der Waals surface area contributed by atoms with Crippen molar-refractivity contribution < 1.29 is 18.7 Å². The molecule has 1 heterocycles. The molecule has 0 aliphatic heterocycles. The molecule has 1 aromatic heterocycles. The Labute approximate surface area is 179 Å². The molecule has 0 spiro atoms. The highest BCUT2D eigenvalue weighted by atomic mass is 35.5. The van der Waals surface area contributed by atoms with Crippen molar-refractivity contribution in [2.24, 2.45) is 0 Å². The van der Waals surface area contributed by atoms with E-state index in [9.17, 15) is 9.18 Å². The van der Waals surface area contributed by atoms with Crippen LogP contribution in [0.5, 0.6) is 5.88 Å². The summed E-state index contributed by atoms with van der Waals surface area (Å²) in [5.74, 6) is -0.0227. The summed E-state index contributed by atoms with van der Waals surface area (Å²) < 4.78 is 24.0. The average Bonchev–Trinajstić information content (AvgIpc) is 2.75. The number of carbonyl (C=O) groups is 1. The molecule has 2 amide bonds. The van der Waals surface area contributed by atoms with E-state index in [1.807, 2.05) is 31.2 Å². The van der Waals surface area contributed by atoms with Gasteiger partial charge in [-0.3, -0.25) is 0 Å². The summed E-state index contributed by atoms with van der Waals surface area (Å²) in [6.07, 6.45) is 1.72. The molecular weight excluding hydrogens is 409 g/mol. The summed E-state index contributed by atoms with van der Waals surface area (Å²) in [6.45, 7) is 2.62. The van der Waals surface area contributed by atoms with Crippen LogP contribution in [0.1, 0.15) is 18.5 Å². The standard InChI is InChI=1S/C22H23ClFN3O3/c1-14(18-13-25-21(30-3)17-7-5-4-6-16(17)18)27(10-11-29-2)22(28)26-15-8-9-20(24)19(23)12-15/h4-9,12-14H,10-11H2,1-3H3,(H,26,28)/t14-/m0/s1. The number of amides is 2. The summed E-state index contributed by atoms with van der Waals surface area (Å²) in [7, 11) is 3.15. The molecule has 3 rings (SSSR count). The van der Waals surface area contributed by atoms with Crippen molar-refractivity contribution in [1.29, 1.82) is 0 Å². The van der Waals surface area contributed by atoms with E-state index in [4.69, 9.17) is 21.1 Å². The van der Waals surface area contributed by atoms with Crippen LogP contribution in [-0.2, 0) is 4.74 Å². The third-order valence-corrected chi connectivity index (χ3v) is 5.16. The zero-order valence-electron chi connectivity index (χ0n) is 17.0. The van der Waals surface area contributed by atoms with Gasteiger partial charge in [-0.15, -0.1) is 0 Å². The van der Waals surface area contributed by atoms with Crippen LogP contribution in [0.4, 0.5) is 14.9 Å². The van der Waals surface area contributed by atoms with E-state index in [2.05, 4.69) is 10.3 Å². The Morgan fingerprint density at radius 1 is 1.23 bits per heavy atom. The summed E-state index contributed by atoms with van der Waals surface area (Å²) in [5.41, 5.74) is 1.27. The van der Waals surface area contributed by atoms with Gasteiger partial charge in [0, 0.05) is 36.5 Å². The number of nitrogens with zero attached hydrogens (tertiary/aromatic N) is 2. The van der Waals surface area contributed by atoms with Gasteiger partial charge in [0.15, 0.2) is 0 Å². The van der Waals surface area contributed by atoms with E-state index >= 15 is 0 Å². The Morgan fingerprint density at radius 2 is 1.97 bits per heavy atom. The van der Waals surface area contributed by atoms with Gasteiger partial charge in [0.2, 0.25) is 5.88 Å². The van der Waals surface area contributed by atoms with Crippen LogP contribution in [0.15, 0.2) is 48.7 Å². The Balaban J connectivity index is 1.94. The summed E-state index contributed by atoms with van der Waals surface area (Å²) in [6, 6.07) is 11.1. The fourth-order valence-electron chi connectivity index (χ4n) is 3.28. The summed E-state index contributed by atoms with van der Waals surface area (Å²) in [4.78, 5) is 19.1. The van der Waals surface area contributed by atoms with Crippen molar-refractivity contribution in [3.05, 3.63) is 65.1 Å². The number of fused-ring (bicyclic) bond motifs is 1. The Hall–Kier alpha value is -2.90. The lowest BCUT2D eigenvalue weighted by Gasteiger charge is -2.30. The van der Waals surface area contributed by atoms with Gasteiger partial charge in [0.05, 0.1) is 24.8 Å². The number of hydrogen-bond donors (Lipinski definition) is 1. The number of methoxy groups -OCH3 is 2. The van der Waals surface area contributed by atoms with Crippen LogP contribution in [0.25, 0.3) is 10.8 Å². The molecule has 0 unspecified atom stereocenters. The molecule has 0 fully saturated rings. The zero-order chi connectivity index (χ0) is 21.7. The minimum atomic E-state index is -0.546. The molecular formula is C22H23ClFN3O3. The van der Waals surface area contributed by atoms with Crippen LogP contribution in [0.2, 0.25) is 5.02 Å². The van der Waals surface area contributed by atoms with Gasteiger partial charge in [-0.05, 0) is 36.6 Å². The molecule has 1 atom stereocenters. The first-order valence-corrected chi connectivity index (χ1v) is 9.77. The normalized spacial score (nSPS) is 11.9. The number of hydrogen-bond acceptors (Lipinski definition) is 4. The third-order valence-electron chi connectivity index (χ3n) is 4.87. The van der Waals surface area contributed by atoms with Gasteiger partial charge in [0.25, 0.3) is 0 Å². The molecule has 1 N–H and O–H groups in total. The van der Waals surface area contributed by atoms with Gasteiger partial charge in [-0.1, -0.05) is 29.8 Å². The first-order chi connectivity index (χ1) is 14.5. The van der Waals surface area contributed by atoms with Crippen molar-refractivity contribution in [3.8, 4) is 5.88 Å². The fourth-order valence-corrected chi connectivity index (χ4v) is 3.46. The SMILES string of the molecule is COCCN(C(=O)Nc1ccc(F)c(Cl)c1)[C@@H](C)c1cnc(OC)c2ccccc12. The van der Waals surface area contributed by atoms with E-state index in [1.54, 1.807) is 25.3 Å². The molecule has 0 bridgehead atoms. The quantitative estimate of drug-likeness (QED) is 0.553. The van der Waals surface area contributed by atoms with Gasteiger partial charge in [0.1, 0.15) is 5.82 Å². The number of rotatable bonds is 7. The molecule has 30 heavy (non-hydrogen) atoms. The van der Waals surface area contributed by atoms with Crippen LogP contribution >= 0.6 is 11.6 Å². The van der Waals surface area contributed by atoms with E-state index in [1.165, 1.54) is 18.2 Å². The van der Waals surface area contributed by atoms with Crippen LogP contribution < -0.4 is 10.1 Å². The summed E-state index contributed by atoms with van der Waals surface area (Å²) in [5, 5.41) is 4.52. The molecule has 3 aromatic rings. The highest BCUT2D eigenvalue weighted by molar-refractivity contribution is 6.31. The molecule has 0 radical (unpaired) electrons. The van der Waals surface area contributed by atoms with E-state index < -0.39 is 5.82 Å². The highest BCUT2D eigenvalue weighted by Gasteiger charge is 2.24. The number of carbonyl (C=O) groups excluding carboxylic acids is 1. The zero-order valence-corrected chi connectivity index (χ0v) is 17.7. The van der Waals surface area contributed by atoms with Crippen molar-refractivity contribution in [1.82, 2.24) is 9.88 Å². The van der Waals surface area contributed by atoms with Crippen LogP contribution in [0.3, 0.4) is 0 Å². The lowest BCUT2D eigenvalue weighted by atomic mass is 10.0. The van der Waals surface area contributed by atoms with Crippen molar-refractivity contribution in [2.45, 2.75) is 13.0 Å². The molecule has 0 saturated carbocycles. The predicted molar refractivity (Wildman–Crippen MR) is 116 cm³/mol. The van der Waals surface area contributed by atoms with Crippen molar-refractivity contribution >= 4 is 34.1 Å². The summed E-state index contributed by atoms with van der Waals surface area (Å²) >= 11 is 5.83. The number of anilines is 1. The lowest BCUT2D eigenvalue weighted by Crippen LogP contribution is -2.39. The molecule has 6 nitrogen and oxygen atoms in total. The number of pyridine rings is 1. The Kier molecular flexibility index (Phi) is 7.07. The number of halogens is 2. The largest absolute Gasteiger partial charge is 0.481 e. The molecule has 0 aliphatic rings. The molecule has 0 aliphatic carbocycles. The number of nitrogens with one attached hydrogen (secondary N) is 1. The smallest absolute Gasteiger partial charge is 0.322 e. The van der Waals surface area contributed by atoms with E-state index in [-0.39, 0.29) is 17.1 Å².